The zero-order valence-corrected chi connectivity index (χ0v) is 13.5. The summed E-state index contributed by atoms with van der Waals surface area (Å²) >= 11 is 0. The number of likely N-dealkylation sites (N-methyl/N-ethyl adjacent to an activating group) is 1. The number of piperazine rings is 1. The van der Waals surface area contributed by atoms with Crippen LogP contribution in [-0.2, 0) is 0 Å². The van der Waals surface area contributed by atoms with Gasteiger partial charge in [-0.1, -0.05) is 17.7 Å². The molecule has 2 rings (SSSR count). The first kappa shape index (κ1) is 16.0. The van der Waals surface area contributed by atoms with E-state index in [1.54, 1.807) is 0 Å². The molecule has 0 spiro atoms. The summed E-state index contributed by atoms with van der Waals surface area (Å²) in [6.07, 6.45) is 1.04. The summed E-state index contributed by atoms with van der Waals surface area (Å²) in [6.45, 7) is 8.53. The Labute approximate surface area is 128 Å². The van der Waals surface area contributed by atoms with Gasteiger partial charge in [-0.05, 0) is 39.1 Å². The third kappa shape index (κ3) is 4.83. The van der Waals surface area contributed by atoms with Gasteiger partial charge in [0.1, 0.15) is 0 Å². The Bertz CT molecular complexity index is 450. The predicted octanol–water partition coefficient (Wildman–Crippen LogP) is 1.70. The van der Waals surface area contributed by atoms with Crippen LogP contribution in [-0.4, -0.2) is 74.0 Å². The van der Waals surface area contributed by atoms with Crippen LogP contribution in [0.4, 0.5) is 0 Å². The Morgan fingerprint density at radius 3 is 2.38 bits per heavy atom. The van der Waals surface area contributed by atoms with Crippen LogP contribution in [0.15, 0.2) is 24.3 Å². The van der Waals surface area contributed by atoms with Crippen molar-refractivity contribution < 1.29 is 4.79 Å². The average Bonchev–Trinajstić information content (AvgIpc) is 2.49. The minimum absolute atomic E-state index is 0.119. The van der Waals surface area contributed by atoms with Crippen molar-refractivity contribution in [3.63, 3.8) is 0 Å². The van der Waals surface area contributed by atoms with Crippen molar-refractivity contribution in [3.05, 3.63) is 35.4 Å². The fourth-order valence-electron chi connectivity index (χ4n) is 2.62. The number of rotatable bonds is 5. The smallest absolute Gasteiger partial charge is 0.253 e. The minimum atomic E-state index is 0.119. The number of carbonyl (C=O) groups is 1. The second-order valence-electron chi connectivity index (χ2n) is 6.09. The van der Waals surface area contributed by atoms with Crippen molar-refractivity contribution in [2.75, 3.05) is 53.4 Å². The van der Waals surface area contributed by atoms with Gasteiger partial charge in [-0.3, -0.25) is 4.79 Å². The van der Waals surface area contributed by atoms with Crippen LogP contribution in [0.25, 0.3) is 0 Å². The molecule has 1 fully saturated rings. The Kier molecular flexibility index (Phi) is 5.76. The summed E-state index contributed by atoms with van der Waals surface area (Å²) in [6, 6.07) is 7.81. The lowest BCUT2D eigenvalue weighted by atomic mass is 10.1. The summed E-state index contributed by atoms with van der Waals surface area (Å²) in [7, 11) is 4.07. The van der Waals surface area contributed by atoms with Gasteiger partial charge in [0.15, 0.2) is 0 Å². The van der Waals surface area contributed by atoms with Crippen molar-refractivity contribution in [1.29, 1.82) is 0 Å². The molecular formula is C17H27N3O. The molecule has 0 N–H and O–H groups in total. The number of hydrogen-bond acceptors (Lipinski definition) is 3. The lowest BCUT2D eigenvalue weighted by molar-refractivity contribution is 0.0783. The lowest BCUT2D eigenvalue weighted by Crippen LogP contribution is -2.45. The monoisotopic (exact) mass is 289 g/mol. The van der Waals surface area contributed by atoms with Gasteiger partial charge in [0.05, 0.1) is 0 Å². The highest BCUT2D eigenvalue weighted by Gasteiger charge is 2.15. The Balaban J connectivity index is 1.72. The third-order valence-electron chi connectivity index (χ3n) is 4.21. The Hall–Kier alpha value is -1.39. The fourth-order valence-corrected chi connectivity index (χ4v) is 2.62. The van der Waals surface area contributed by atoms with Crippen molar-refractivity contribution in [1.82, 2.24) is 14.7 Å². The Morgan fingerprint density at radius 1 is 1.14 bits per heavy atom. The maximum Gasteiger partial charge on any atom is 0.253 e. The summed E-state index contributed by atoms with van der Waals surface area (Å²) in [5.41, 5.74) is 1.96. The summed E-state index contributed by atoms with van der Waals surface area (Å²) in [5.74, 6) is 0.119. The zero-order chi connectivity index (χ0) is 15.2. The molecule has 1 heterocycles. The predicted molar refractivity (Wildman–Crippen MR) is 86.7 cm³/mol. The van der Waals surface area contributed by atoms with E-state index in [4.69, 9.17) is 0 Å². The summed E-state index contributed by atoms with van der Waals surface area (Å²) in [5, 5.41) is 0. The first-order valence-electron chi connectivity index (χ1n) is 7.79. The number of benzene rings is 1. The first-order chi connectivity index (χ1) is 10.1. The van der Waals surface area contributed by atoms with Crippen molar-refractivity contribution in [2.45, 2.75) is 13.3 Å². The maximum atomic E-state index is 12.3. The van der Waals surface area contributed by atoms with Crippen LogP contribution in [0, 0.1) is 6.92 Å². The molecule has 4 nitrogen and oxygen atoms in total. The summed E-state index contributed by atoms with van der Waals surface area (Å²) in [4.78, 5) is 19.0. The molecule has 21 heavy (non-hydrogen) atoms. The van der Waals surface area contributed by atoms with E-state index in [0.717, 1.165) is 51.3 Å². The van der Waals surface area contributed by atoms with Gasteiger partial charge in [0.2, 0.25) is 0 Å². The van der Waals surface area contributed by atoms with Gasteiger partial charge in [-0.15, -0.1) is 0 Å². The normalized spacial score (nSPS) is 16.9. The quantitative estimate of drug-likeness (QED) is 0.825. The summed E-state index contributed by atoms with van der Waals surface area (Å²) < 4.78 is 0. The fraction of sp³-hybridized carbons (Fsp3) is 0.588. The van der Waals surface area contributed by atoms with Crippen LogP contribution < -0.4 is 0 Å². The maximum absolute atomic E-state index is 12.3. The van der Waals surface area contributed by atoms with Gasteiger partial charge in [-0.2, -0.15) is 0 Å². The molecule has 1 aliphatic rings. The second-order valence-corrected chi connectivity index (χ2v) is 6.09. The van der Waals surface area contributed by atoms with E-state index in [9.17, 15) is 4.79 Å². The van der Waals surface area contributed by atoms with Crippen LogP contribution in [0.5, 0.6) is 0 Å². The van der Waals surface area contributed by atoms with Crippen LogP contribution >= 0.6 is 0 Å². The number of amides is 1. The SMILES string of the molecule is Cc1ccc(C(=O)N(C)CCCN2CCN(C)CC2)cc1. The third-order valence-corrected chi connectivity index (χ3v) is 4.21. The molecule has 4 heteroatoms. The van der Waals surface area contributed by atoms with E-state index >= 15 is 0 Å². The van der Waals surface area contributed by atoms with Crippen molar-refractivity contribution in [3.8, 4) is 0 Å². The molecule has 0 unspecified atom stereocenters. The highest BCUT2D eigenvalue weighted by molar-refractivity contribution is 5.94. The first-order valence-corrected chi connectivity index (χ1v) is 7.79. The van der Waals surface area contributed by atoms with Crippen molar-refractivity contribution >= 4 is 5.91 Å². The largest absolute Gasteiger partial charge is 0.342 e. The van der Waals surface area contributed by atoms with Gasteiger partial charge < -0.3 is 14.7 Å². The molecule has 0 atom stereocenters. The highest BCUT2D eigenvalue weighted by atomic mass is 16.2. The lowest BCUT2D eigenvalue weighted by Gasteiger charge is -2.32. The van der Waals surface area contributed by atoms with E-state index in [1.165, 1.54) is 5.56 Å². The molecule has 0 bridgehead atoms. The average molecular weight is 289 g/mol. The van der Waals surface area contributed by atoms with E-state index in [0.29, 0.717) is 0 Å². The standard InChI is InChI=1S/C17H27N3O/c1-15-5-7-16(8-6-15)17(21)19(3)9-4-10-20-13-11-18(2)12-14-20/h5-8H,4,9-14H2,1-3H3. The molecular weight excluding hydrogens is 262 g/mol. The molecule has 1 aromatic carbocycles. The van der Waals surface area contributed by atoms with E-state index in [2.05, 4.69) is 16.8 Å². The topological polar surface area (TPSA) is 26.8 Å². The van der Waals surface area contributed by atoms with Gasteiger partial charge in [0, 0.05) is 45.3 Å². The van der Waals surface area contributed by atoms with Crippen LogP contribution in [0.3, 0.4) is 0 Å². The van der Waals surface area contributed by atoms with E-state index in [-0.39, 0.29) is 5.91 Å². The van der Waals surface area contributed by atoms with Gasteiger partial charge in [-0.25, -0.2) is 0 Å². The van der Waals surface area contributed by atoms with Crippen molar-refractivity contribution in [2.24, 2.45) is 0 Å². The number of aryl methyl sites for hydroxylation is 1. The number of hydrogen-bond donors (Lipinski definition) is 0. The number of nitrogens with zero attached hydrogens (tertiary/aromatic N) is 3. The molecule has 1 saturated heterocycles. The molecule has 1 aromatic rings. The molecule has 0 saturated carbocycles. The highest BCUT2D eigenvalue weighted by Crippen LogP contribution is 2.07. The van der Waals surface area contributed by atoms with E-state index < -0.39 is 0 Å². The molecule has 1 amide bonds. The van der Waals surface area contributed by atoms with Gasteiger partial charge in [0.25, 0.3) is 5.91 Å². The second kappa shape index (κ2) is 7.57. The zero-order valence-electron chi connectivity index (χ0n) is 13.5. The van der Waals surface area contributed by atoms with Crippen LogP contribution in [0.1, 0.15) is 22.3 Å². The van der Waals surface area contributed by atoms with Crippen LogP contribution in [0.2, 0.25) is 0 Å². The van der Waals surface area contributed by atoms with E-state index in [1.807, 2.05) is 43.1 Å². The molecule has 0 radical (unpaired) electrons. The number of carbonyl (C=O) groups excluding carboxylic acids is 1. The molecule has 1 aliphatic heterocycles. The molecule has 0 aliphatic carbocycles. The minimum Gasteiger partial charge on any atom is -0.342 e. The van der Waals surface area contributed by atoms with Gasteiger partial charge >= 0.3 is 0 Å². The molecule has 0 aromatic heterocycles. The Morgan fingerprint density at radius 2 is 1.76 bits per heavy atom. The molecule has 116 valence electrons.